The van der Waals surface area contributed by atoms with Gasteiger partial charge in [0.1, 0.15) is 5.75 Å². The lowest BCUT2D eigenvalue weighted by molar-refractivity contribution is 0.205. The standard InChI is InChI=1S/C16H19N3O2S/c1-11-10-22-15(17-11)18-16(20)19(13-7-8-13)9-12-5-3-4-6-14(12)21-2/h3-6,10,13H,7-9H2,1-2H3,(H,17,18,20). The normalized spacial score (nSPS) is 13.7. The van der Waals surface area contributed by atoms with Crippen molar-refractivity contribution >= 4 is 22.5 Å². The van der Waals surface area contributed by atoms with Crippen molar-refractivity contribution in [2.24, 2.45) is 0 Å². The smallest absolute Gasteiger partial charge is 0.324 e. The van der Waals surface area contributed by atoms with Crippen LogP contribution in [-0.2, 0) is 6.54 Å². The third-order valence-corrected chi connectivity index (χ3v) is 4.49. The third-order valence-electron chi connectivity index (χ3n) is 3.61. The largest absolute Gasteiger partial charge is 0.496 e. The molecule has 0 radical (unpaired) electrons. The third kappa shape index (κ3) is 3.39. The summed E-state index contributed by atoms with van der Waals surface area (Å²) in [5.74, 6) is 0.811. The number of aromatic nitrogens is 1. The van der Waals surface area contributed by atoms with Crippen molar-refractivity contribution in [3.63, 3.8) is 0 Å². The first-order valence-corrected chi connectivity index (χ1v) is 8.17. The number of anilines is 1. The van der Waals surface area contributed by atoms with E-state index in [9.17, 15) is 4.79 Å². The number of benzene rings is 1. The first kappa shape index (κ1) is 14.8. The maximum atomic E-state index is 12.5. The quantitative estimate of drug-likeness (QED) is 0.915. The summed E-state index contributed by atoms with van der Waals surface area (Å²) >= 11 is 1.45. The van der Waals surface area contributed by atoms with Crippen LogP contribution in [0.15, 0.2) is 29.6 Å². The highest BCUT2D eigenvalue weighted by Gasteiger charge is 2.33. The van der Waals surface area contributed by atoms with Gasteiger partial charge in [0.15, 0.2) is 5.13 Å². The molecule has 0 unspecified atom stereocenters. The van der Waals surface area contributed by atoms with Gasteiger partial charge in [0.2, 0.25) is 0 Å². The summed E-state index contributed by atoms with van der Waals surface area (Å²) < 4.78 is 5.38. The van der Waals surface area contributed by atoms with Crippen molar-refractivity contribution in [1.82, 2.24) is 9.88 Å². The maximum Gasteiger partial charge on any atom is 0.324 e. The number of thiazole rings is 1. The van der Waals surface area contributed by atoms with Gasteiger partial charge in [-0.15, -0.1) is 11.3 Å². The van der Waals surface area contributed by atoms with Gasteiger partial charge in [-0.25, -0.2) is 9.78 Å². The second-order valence-electron chi connectivity index (χ2n) is 5.40. The fourth-order valence-corrected chi connectivity index (χ4v) is 3.02. The van der Waals surface area contributed by atoms with E-state index >= 15 is 0 Å². The number of urea groups is 1. The molecule has 1 saturated carbocycles. The van der Waals surface area contributed by atoms with Crippen LogP contribution in [0.5, 0.6) is 5.75 Å². The Labute approximate surface area is 133 Å². The van der Waals surface area contributed by atoms with Crippen LogP contribution < -0.4 is 10.1 Å². The highest BCUT2D eigenvalue weighted by Crippen LogP contribution is 2.31. The maximum absolute atomic E-state index is 12.5. The molecule has 1 aliphatic rings. The van der Waals surface area contributed by atoms with E-state index in [1.54, 1.807) is 7.11 Å². The van der Waals surface area contributed by atoms with Crippen molar-refractivity contribution in [1.29, 1.82) is 0 Å². The second-order valence-corrected chi connectivity index (χ2v) is 6.25. The average Bonchev–Trinajstić information content (AvgIpc) is 3.28. The number of ether oxygens (including phenoxy) is 1. The number of hydrogen-bond donors (Lipinski definition) is 1. The summed E-state index contributed by atoms with van der Waals surface area (Å²) in [6, 6.07) is 8.03. The number of nitrogens with one attached hydrogen (secondary N) is 1. The Hall–Kier alpha value is -2.08. The van der Waals surface area contributed by atoms with E-state index in [0.717, 1.165) is 29.8 Å². The molecule has 116 valence electrons. The molecule has 2 aromatic rings. The van der Waals surface area contributed by atoms with Crippen molar-refractivity contribution in [2.45, 2.75) is 32.4 Å². The minimum atomic E-state index is -0.0947. The Kier molecular flexibility index (Phi) is 4.29. The van der Waals surface area contributed by atoms with E-state index in [4.69, 9.17) is 4.74 Å². The van der Waals surface area contributed by atoms with Gasteiger partial charge in [-0.2, -0.15) is 0 Å². The topological polar surface area (TPSA) is 54.5 Å². The molecule has 0 atom stereocenters. The Balaban J connectivity index is 1.73. The van der Waals surface area contributed by atoms with Crippen molar-refractivity contribution < 1.29 is 9.53 Å². The van der Waals surface area contributed by atoms with Gasteiger partial charge in [0, 0.05) is 17.0 Å². The summed E-state index contributed by atoms with van der Waals surface area (Å²) in [6.07, 6.45) is 2.11. The lowest BCUT2D eigenvalue weighted by Gasteiger charge is -2.23. The highest BCUT2D eigenvalue weighted by atomic mass is 32.1. The summed E-state index contributed by atoms with van der Waals surface area (Å²) in [5, 5.41) is 5.47. The minimum Gasteiger partial charge on any atom is -0.496 e. The van der Waals surface area contributed by atoms with Crippen molar-refractivity contribution in [2.75, 3.05) is 12.4 Å². The Morgan fingerprint density at radius 1 is 1.45 bits per heavy atom. The van der Waals surface area contributed by atoms with E-state index in [0.29, 0.717) is 17.7 Å². The molecule has 1 heterocycles. The van der Waals surface area contributed by atoms with E-state index in [1.807, 2.05) is 41.5 Å². The van der Waals surface area contributed by atoms with E-state index < -0.39 is 0 Å². The molecule has 1 aromatic heterocycles. The molecule has 22 heavy (non-hydrogen) atoms. The molecule has 0 spiro atoms. The second kappa shape index (κ2) is 6.36. The first-order chi connectivity index (χ1) is 10.7. The number of aryl methyl sites for hydroxylation is 1. The van der Waals surface area contributed by atoms with Gasteiger partial charge < -0.3 is 9.64 Å². The summed E-state index contributed by atoms with van der Waals surface area (Å²) in [6.45, 7) is 2.46. The summed E-state index contributed by atoms with van der Waals surface area (Å²) in [7, 11) is 1.65. The molecule has 0 saturated heterocycles. The van der Waals surface area contributed by atoms with Crippen LogP contribution in [0.2, 0.25) is 0 Å². The number of rotatable bonds is 5. The number of methoxy groups -OCH3 is 1. The molecule has 3 rings (SSSR count). The first-order valence-electron chi connectivity index (χ1n) is 7.29. The molecule has 1 aliphatic carbocycles. The average molecular weight is 317 g/mol. The number of hydrogen-bond acceptors (Lipinski definition) is 4. The number of para-hydroxylation sites is 1. The zero-order chi connectivity index (χ0) is 15.5. The zero-order valence-corrected chi connectivity index (χ0v) is 13.5. The number of carbonyl (C=O) groups excluding carboxylic acids is 1. The van der Waals surface area contributed by atoms with Gasteiger partial charge in [-0.3, -0.25) is 5.32 Å². The zero-order valence-electron chi connectivity index (χ0n) is 12.7. The predicted octanol–water partition coefficient (Wildman–Crippen LogP) is 3.66. The Morgan fingerprint density at radius 2 is 2.23 bits per heavy atom. The minimum absolute atomic E-state index is 0.0947. The highest BCUT2D eigenvalue weighted by molar-refractivity contribution is 7.13. The lowest BCUT2D eigenvalue weighted by atomic mass is 10.2. The molecular formula is C16H19N3O2S. The van der Waals surface area contributed by atoms with Crippen LogP contribution in [-0.4, -0.2) is 29.1 Å². The Morgan fingerprint density at radius 3 is 2.86 bits per heavy atom. The van der Waals surface area contributed by atoms with Gasteiger partial charge >= 0.3 is 6.03 Å². The predicted molar refractivity (Wildman–Crippen MR) is 87.4 cm³/mol. The molecule has 0 bridgehead atoms. The summed E-state index contributed by atoms with van der Waals surface area (Å²) in [4.78, 5) is 18.7. The monoisotopic (exact) mass is 317 g/mol. The van der Waals surface area contributed by atoms with Gasteiger partial charge in [-0.1, -0.05) is 18.2 Å². The SMILES string of the molecule is COc1ccccc1CN(C(=O)Nc1nc(C)cs1)C1CC1. The van der Waals surface area contributed by atoms with Crippen LogP contribution >= 0.6 is 11.3 Å². The van der Waals surface area contributed by atoms with Gasteiger partial charge in [0.25, 0.3) is 0 Å². The van der Waals surface area contributed by atoms with E-state index in [1.165, 1.54) is 11.3 Å². The molecule has 2 amide bonds. The number of nitrogens with zero attached hydrogens (tertiary/aromatic N) is 2. The van der Waals surface area contributed by atoms with Gasteiger partial charge in [0.05, 0.1) is 19.3 Å². The van der Waals surface area contributed by atoms with Crippen molar-refractivity contribution in [3.8, 4) is 5.75 Å². The number of amides is 2. The van der Waals surface area contributed by atoms with Crippen LogP contribution in [0.25, 0.3) is 0 Å². The summed E-state index contributed by atoms with van der Waals surface area (Å²) in [5.41, 5.74) is 1.94. The van der Waals surface area contributed by atoms with Crippen LogP contribution in [0.4, 0.5) is 9.93 Å². The fourth-order valence-electron chi connectivity index (χ4n) is 2.34. The molecule has 0 aliphatic heterocycles. The van der Waals surface area contributed by atoms with Crippen molar-refractivity contribution in [3.05, 3.63) is 40.9 Å². The molecule has 1 fully saturated rings. The molecular weight excluding hydrogens is 298 g/mol. The van der Waals surface area contributed by atoms with Gasteiger partial charge in [-0.05, 0) is 25.8 Å². The fraction of sp³-hybridized carbons (Fsp3) is 0.375. The molecule has 1 N–H and O–H groups in total. The van der Waals surface area contributed by atoms with E-state index in [2.05, 4.69) is 10.3 Å². The van der Waals surface area contributed by atoms with Crippen LogP contribution in [0.3, 0.4) is 0 Å². The lowest BCUT2D eigenvalue weighted by Crippen LogP contribution is -2.36. The van der Waals surface area contributed by atoms with Crippen LogP contribution in [0.1, 0.15) is 24.1 Å². The molecule has 5 nitrogen and oxygen atoms in total. The number of carbonyl (C=O) groups is 1. The molecule has 6 heteroatoms. The molecule has 1 aromatic carbocycles. The van der Waals surface area contributed by atoms with E-state index in [-0.39, 0.29) is 6.03 Å². The van der Waals surface area contributed by atoms with Crippen LogP contribution in [0, 0.1) is 6.92 Å². The Bertz CT molecular complexity index is 667.